The van der Waals surface area contributed by atoms with Crippen molar-refractivity contribution in [2.45, 2.75) is 26.3 Å². The molecule has 1 N–H and O–H groups in total. The van der Waals surface area contributed by atoms with Crippen molar-refractivity contribution in [2.24, 2.45) is 0 Å². The average Bonchev–Trinajstić information content (AvgIpc) is 2.41. The van der Waals surface area contributed by atoms with Gasteiger partial charge in [0.1, 0.15) is 5.82 Å². The lowest BCUT2D eigenvalue weighted by atomic mass is 10.0. The SMILES string of the molecule is CCNC(Cc1ccc(C)cn1)c1cccc(F)c1. The number of hydrogen-bond donors (Lipinski definition) is 1. The molecule has 100 valence electrons. The van der Waals surface area contributed by atoms with Crippen molar-refractivity contribution in [3.05, 3.63) is 65.2 Å². The topological polar surface area (TPSA) is 24.9 Å². The maximum atomic E-state index is 13.3. The van der Waals surface area contributed by atoms with Crippen LogP contribution < -0.4 is 5.32 Å². The van der Waals surface area contributed by atoms with E-state index in [1.807, 2.05) is 25.3 Å². The first-order chi connectivity index (χ1) is 9.19. The van der Waals surface area contributed by atoms with Crippen LogP contribution in [0.1, 0.15) is 29.8 Å². The molecule has 0 aliphatic rings. The molecule has 0 bridgehead atoms. The monoisotopic (exact) mass is 258 g/mol. The summed E-state index contributed by atoms with van der Waals surface area (Å²) in [5, 5.41) is 3.38. The number of aryl methyl sites for hydroxylation is 1. The Morgan fingerprint density at radius 3 is 2.74 bits per heavy atom. The number of nitrogens with zero attached hydrogens (tertiary/aromatic N) is 1. The third-order valence-electron chi connectivity index (χ3n) is 3.09. The number of hydrogen-bond acceptors (Lipinski definition) is 2. The van der Waals surface area contributed by atoms with Crippen molar-refractivity contribution in [3.8, 4) is 0 Å². The highest BCUT2D eigenvalue weighted by molar-refractivity contribution is 5.23. The first-order valence-corrected chi connectivity index (χ1v) is 6.59. The lowest BCUT2D eigenvalue weighted by molar-refractivity contribution is 0.537. The Morgan fingerprint density at radius 2 is 2.11 bits per heavy atom. The van der Waals surface area contributed by atoms with Crippen LogP contribution in [-0.4, -0.2) is 11.5 Å². The Hall–Kier alpha value is -1.74. The molecule has 0 aliphatic heterocycles. The minimum atomic E-state index is -0.197. The average molecular weight is 258 g/mol. The van der Waals surface area contributed by atoms with Gasteiger partial charge in [0.05, 0.1) is 0 Å². The molecule has 19 heavy (non-hydrogen) atoms. The van der Waals surface area contributed by atoms with Gasteiger partial charge in [-0.1, -0.05) is 25.1 Å². The number of nitrogens with one attached hydrogen (secondary N) is 1. The van der Waals surface area contributed by atoms with Gasteiger partial charge in [0.2, 0.25) is 0 Å². The molecule has 0 saturated carbocycles. The molecule has 1 unspecified atom stereocenters. The van der Waals surface area contributed by atoms with Gasteiger partial charge >= 0.3 is 0 Å². The van der Waals surface area contributed by atoms with E-state index in [0.717, 1.165) is 29.8 Å². The summed E-state index contributed by atoms with van der Waals surface area (Å²) in [6.07, 6.45) is 2.63. The lowest BCUT2D eigenvalue weighted by Crippen LogP contribution is -2.23. The zero-order chi connectivity index (χ0) is 13.7. The highest BCUT2D eigenvalue weighted by Gasteiger charge is 2.12. The second-order valence-electron chi connectivity index (χ2n) is 4.70. The number of benzene rings is 1. The minimum Gasteiger partial charge on any atom is -0.310 e. The van der Waals surface area contributed by atoms with E-state index in [4.69, 9.17) is 0 Å². The quantitative estimate of drug-likeness (QED) is 0.888. The Kier molecular flexibility index (Phi) is 4.63. The Morgan fingerprint density at radius 1 is 1.26 bits per heavy atom. The molecule has 1 aromatic carbocycles. The number of halogens is 1. The van der Waals surface area contributed by atoms with Crippen LogP contribution in [-0.2, 0) is 6.42 Å². The van der Waals surface area contributed by atoms with Crippen LogP contribution in [0.15, 0.2) is 42.6 Å². The first kappa shape index (κ1) is 13.7. The van der Waals surface area contributed by atoms with Crippen LogP contribution in [0.25, 0.3) is 0 Å². The van der Waals surface area contributed by atoms with E-state index < -0.39 is 0 Å². The Bertz CT molecular complexity index is 523. The number of aromatic nitrogens is 1. The molecule has 0 aliphatic carbocycles. The van der Waals surface area contributed by atoms with Crippen molar-refractivity contribution in [3.63, 3.8) is 0 Å². The minimum absolute atomic E-state index is 0.0934. The van der Waals surface area contributed by atoms with Crippen molar-refractivity contribution < 1.29 is 4.39 Å². The van der Waals surface area contributed by atoms with Gasteiger partial charge in [0, 0.05) is 24.4 Å². The highest BCUT2D eigenvalue weighted by atomic mass is 19.1. The fraction of sp³-hybridized carbons (Fsp3) is 0.312. The van der Waals surface area contributed by atoms with E-state index in [9.17, 15) is 4.39 Å². The van der Waals surface area contributed by atoms with Crippen LogP contribution in [0, 0.1) is 12.7 Å². The van der Waals surface area contributed by atoms with Gasteiger partial charge < -0.3 is 5.32 Å². The molecule has 0 spiro atoms. The van der Waals surface area contributed by atoms with Gasteiger partial charge in [-0.25, -0.2) is 4.39 Å². The van der Waals surface area contributed by atoms with Crippen molar-refractivity contribution in [2.75, 3.05) is 6.54 Å². The largest absolute Gasteiger partial charge is 0.310 e. The molecule has 2 aromatic rings. The van der Waals surface area contributed by atoms with E-state index in [2.05, 4.69) is 23.3 Å². The molecule has 0 fully saturated rings. The van der Waals surface area contributed by atoms with Gasteiger partial charge in [-0.3, -0.25) is 4.98 Å². The number of rotatable bonds is 5. The van der Waals surface area contributed by atoms with E-state index in [1.54, 1.807) is 12.1 Å². The molecule has 1 aromatic heterocycles. The lowest BCUT2D eigenvalue weighted by Gasteiger charge is -2.18. The second-order valence-corrected chi connectivity index (χ2v) is 4.70. The van der Waals surface area contributed by atoms with Crippen LogP contribution in [0.3, 0.4) is 0 Å². The maximum Gasteiger partial charge on any atom is 0.123 e. The van der Waals surface area contributed by atoms with Crippen molar-refractivity contribution in [1.82, 2.24) is 10.3 Å². The predicted molar refractivity (Wildman–Crippen MR) is 75.5 cm³/mol. The van der Waals surface area contributed by atoms with E-state index >= 15 is 0 Å². The Labute approximate surface area is 113 Å². The molecule has 1 heterocycles. The summed E-state index contributed by atoms with van der Waals surface area (Å²) in [5.41, 5.74) is 3.12. The summed E-state index contributed by atoms with van der Waals surface area (Å²) in [6.45, 7) is 4.91. The smallest absolute Gasteiger partial charge is 0.123 e. The molecule has 2 nitrogen and oxygen atoms in total. The van der Waals surface area contributed by atoms with Crippen molar-refractivity contribution >= 4 is 0 Å². The fourth-order valence-corrected chi connectivity index (χ4v) is 2.11. The molecular formula is C16H19FN2. The first-order valence-electron chi connectivity index (χ1n) is 6.59. The van der Waals surface area contributed by atoms with Crippen LogP contribution >= 0.6 is 0 Å². The fourth-order valence-electron chi connectivity index (χ4n) is 2.11. The van der Waals surface area contributed by atoms with Gasteiger partial charge in [0.15, 0.2) is 0 Å². The molecule has 2 rings (SSSR count). The van der Waals surface area contributed by atoms with Crippen LogP contribution in [0.5, 0.6) is 0 Å². The van der Waals surface area contributed by atoms with Gasteiger partial charge in [-0.2, -0.15) is 0 Å². The Balaban J connectivity index is 2.18. The third-order valence-corrected chi connectivity index (χ3v) is 3.09. The van der Waals surface area contributed by atoms with E-state index in [1.165, 1.54) is 6.07 Å². The third kappa shape index (κ3) is 3.86. The maximum absolute atomic E-state index is 13.3. The zero-order valence-corrected chi connectivity index (χ0v) is 11.4. The van der Waals surface area contributed by atoms with Gasteiger partial charge in [-0.15, -0.1) is 0 Å². The van der Waals surface area contributed by atoms with E-state index in [0.29, 0.717) is 0 Å². The zero-order valence-electron chi connectivity index (χ0n) is 11.4. The summed E-state index contributed by atoms with van der Waals surface area (Å²) in [6, 6.07) is 10.9. The van der Waals surface area contributed by atoms with Crippen molar-refractivity contribution in [1.29, 1.82) is 0 Å². The summed E-state index contributed by atoms with van der Waals surface area (Å²) < 4.78 is 13.3. The standard InChI is InChI=1S/C16H19FN2/c1-3-18-16(13-5-4-6-14(17)9-13)10-15-8-7-12(2)11-19-15/h4-9,11,16,18H,3,10H2,1-2H3. The van der Waals surface area contributed by atoms with Gasteiger partial charge in [-0.05, 0) is 42.8 Å². The molecular weight excluding hydrogens is 239 g/mol. The summed E-state index contributed by atoms with van der Waals surface area (Å²) in [5.74, 6) is -0.197. The molecule has 0 saturated heterocycles. The molecule has 1 atom stereocenters. The normalized spacial score (nSPS) is 12.4. The van der Waals surface area contributed by atoms with Gasteiger partial charge in [0.25, 0.3) is 0 Å². The summed E-state index contributed by atoms with van der Waals surface area (Å²) in [7, 11) is 0. The number of likely N-dealkylation sites (N-methyl/N-ethyl adjacent to an activating group) is 1. The second kappa shape index (κ2) is 6.43. The molecule has 0 amide bonds. The number of pyridine rings is 1. The van der Waals surface area contributed by atoms with Crippen LogP contribution in [0.4, 0.5) is 4.39 Å². The van der Waals surface area contributed by atoms with E-state index in [-0.39, 0.29) is 11.9 Å². The predicted octanol–water partition coefficient (Wildman–Crippen LogP) is 3.42. The summed E-state index contributed by atoms with van der Waals surface area (Å²) >= 11 is 0. The molecule has 0 radical (unpaired) electrons. The molecule has 3 heteroatoms. The highest BCUT2D eigenvalue weighted by Crippen LogP contribution is 2.18. The summed E-state index contributed by atoms with van der Waals surface area (Å²) in [4.78, 5) is 4.41. The van der Waals surface area contributed by atoms with Crippen LogP contribution in [0.2, 0.25) is 0 Å².